The maximum atomic E-state index is 14.0. The Hall–Kier alpha value is -4.05. The van der Waals surface area contributed by atoms with Crippen molar-refractivity contribution in [1.82, 2.24) is 10.6 Å². The van der Waals surface area contributed by atoms with Gasteiger partial charge < -0.3 is 24.8 Å². The van der Waals surface area contributed by atoms with E-state index in [1.165, 1.54) is 37.6 Å². The number of thiophene rings is 1. The Morgan fingerprint density at radius 2 is 1.59 bits per heavy atom. The lowest BCUT2D eigenvalue weighted by Crippen LogP contribution is -2.51. The van der Waals surface area contributed by atoms with Gasteiger partial charge in [0.2, 0.25) is 11.8 Å². The minimum atomic E-state index is -1.13. The third kappa shape index (κ3) is 7.29. The van der Waals surface area contributed by atoms with Gasteiger partial charge in [-0.25, -0.2) is 0 Å². The number of carbonyl (C=O) groups excluding carboxylic acids is 3. The highest BCUT2D eigenvalue weighted by Crippen LogP contribution is 2.38. The summed E-state index contributed by atoms with van der Waals surface area (Å²) in [5.74, 6) is -0.0311. The lowest BCUT2D eigenvalue weighted by Gasteiger charge is -2.34. The fourth-order valence-electron chi connectivity index (χ4n) is 4.02. The predicted molar refractivity (Wildman–Crippen MR) is 152 cm³/mol. The van der Waals surface area contributed by atoms with Crippen molar-refractivity contribution in [2.45, 2.75) is 39.3 Å². The molecule has 0 spiro atoms. The Bertz CT molecular complexity index is 1320. The summed E-state index contributed by atoms with van der Waals surface area (Å²) in [6.45, 7) is 7.11. The van der Waals surface area contributed by atoms with Crippen molar-refractivity contribution in [1.29, 1.82) is 0 Å². The molecule has 3 aromatic rings. The molecule has 208 valence electrons. The van der Waals surface area contributed by atoms with Crippen LogP contribution in [0.15, 0.2) is 53.9 Å². The summed E-state index contributed by atoms with van der Waals surface area (Å²) < 4.78 is 16.5. The smallest absolute Gasteiger partial charge is 0.261 e. The zero-order valence-electron chi connectivity index (χ0n) is 23.3. The molecule has 1 atom stereocenters. The standard InChI is InChI=1S/C29H35N3O6S/c1-18-10-12-21(36-5)20(15-18)32(25(33)17-30-27(34)24-9-8-14-39-24)26(28(35)31-29(2,3)4)19-11-13-22(37-6)23(16-19)38-7/h8-16,26H,17H2,1-7H3,(H,30,34)(H,31,35). The number of ether oxygens (including phenoxy) is 3. The number of nitrogens with zero attached hydrogens (tertiary/aromatic N) is 1. The van der Waals surface area contributed by atoms with E-state index in [0.29, 0.717) is 33.4 Å². The quantitative estimate of drug-likeness (QED) is 0.383. The second-order valence-corrected chi connectivity index (χ2v) is 10.8. The van der Waals surface area contributed by atoms with Crippen molar-refractivity contribution in [2.75, 3.05) is 32.8 Å². The van der Waals surface area contributed by atoms with Gasteiger partial charge >= 0.3 is 0 Å². The average molecular weight is 554 g/mol. The molecule has 0 aliphatic rings. The Balaban J connectivity index is 2.17. The molecule has 0 aliphatic carbocycles. The van der Waals surface area contributed by atoms with Crippen molar-refractivity contribution < 1.29 is 28.6 Å². The number of hydrogen-bond donors (Lipinski definition) is 2. The summed E-state index contributed by atoms with van der Waals surface area (Å²) in [4.78, 5) is 42.4. The topological polar surface area (TPSA) is 106 Å². The van der Waals surface area contributed by atoms with Gasteiger partial charge in [0, 0.05) is 5.54 Å². The van der Waals surface area contributed by atoms with Crippen molar-refractivity contribution >= 4 is 34.7 Å². The highest BCUT2D eigenvalue weighted by atomic mass is 32.1. The van der Waals surface area contributed by atoms with Crippen LogP contribution in [-0.2, 0) is 9.59 Å². The van der Waals surface area contributed by atoms with E-state index < -0.39 is 23.4 Å². The molecule has 3 rings (SSSR count). The highest BCUT2D eigenvalue weighted by molar-refractivity contribution is 7.12. The van der Waals surface area contributed by atoms with Crippen molar-refractivity contribution in [2.24, 2.45) is 0 Å². The number of nitrogens with one attached hydrogen (secondary N) is 2. The number of anilines is 1. The number of benzene rings is 2. The van der Waals surface area contributed by atoms with E-state index in [0.717, 1.165) is 5.56 Å². The van der Waals surface area contributed by atoms with E-state index >= 15 is 0 Å². The monoisotopic (exact) mass is 553 g/mol. The van der Waals surface area contributed by atoms with Gasteiger partial charge in [0.25, 0.3) is 5.91 Å². The van der Waals surface area contributed by atoms with Crippen LogP contribution in [0.5, 0.6) is 17.2 Å². The Labute approximate surface area is 233 Å². The van der Waals surface area contributed by atoms with Crippen LogP contribution in [0, 0.1) is 6.92 Å². The number of hydrogen-bond acceptors (Lipinski definition) is 7. The molecule has 2 aromatic carbocycles. The lowest BCUT2D eigenvalue weighted by molar-refractivity contribution is -0.127. The number of amides is 3. The Kier molecular flexibility index (Phi) is 9.58. The van der Waals surface area contributed by atoms with E-state index in [-0.39, 0.29) is 12.5 Å². The molecule has 3 amide bonds. The number of rotatable bonds is 10. The largest absolute Gasteiger partial charge is 0.495 e. The highest BCUT2D eigenvalue weighted by Gasteiger charge is 2.36. The van der Waals surface area contributed by atoms with Gasteiger partial charge in [-0.05, 0) is 74.5 Å². The second-order valence-electron chi connectivity index (χ2n) is 9.86. The molecule has 9 nitrogen and oxygen atoms in total. The van der Waals surface area contributed by atoms with Crippen LogP contribution in [0.2, 0.25) is 0 Å². The van der Waals surface area contributed by atoms with Crippen LogP contribution in [0.25, 0.3) is 0 Å². The van der Waals surface area contributed by atoms with E-state index in [1.807, 2.05) is 33.8 Å². The molecule has 39 heavy (non-hydrogen) atoms. The molecule has 1 unspecified atom stereocenters. The Morgan fingerprint density at radius 3 is 2.18 bits per heavy atom. The maximum Gasteiger partial charge on any atom is 0.261 e. The zero-order chi connectivity index (χ0) is 28.7. The maximum absolute atomic E-state index is 14.0. The van der Waals surface area contributed by atoms with Gasteiger partial charge in [-0.1, -0.05) is 18.2 Å². The Morgan fingerprint density at radius 1 is 0.923 bits per heavy atom. The van der Waals surface area contributed by atoms with E-state index in [2.05, 4.69) is 10.6 Å². The first kappa shape index (κ1) is 29.5. The minimum absolute atomic E-state index is 0.347. The van der Waals surface area contributed by atoms with Crippen molar-refractivity contribution in [3.63, 3.8) is 0 Å². The van der Waals surface area contributed by atoms with Crippen LogP contribution in [0.1, 0.15) is 47.6 Å². The summed E-state index contributed by atoms with van der Waals surface area (Å²) >= 11 is 1.27. The molecule has 2 N–H and O–H groups in total. The van der Waals surface area contributed by atoms with E-state index in [1.54, 1.807) is 47.8 Å². The van der Waals surface area contributed by atoms with Gasteiger partial charge in [-0.15, -0.1) is 11.3 Å². The van der Waals surface area contributed by atoms with Gasteiger partial charge in [-0.3, -0.25) is 19.3 Å². The molecular weight excluding hydrogens is 518 g/mol. The van der Waals surface area contributed by atoms with Crippen LogP contribution in [0.3, 0.4) is 0 Å². The van der Waals surface area contributed by atoms with Gasteiger partial charge in [-0.2, -0.15) is 0 Å². The van der Waals surface area contributed by atoms with Crippen LogP contribution >= 0.6 is 11.3 Å². The fourth-order valence-corrected chi connectivity index (χ4v) is 4.66. The van der Waals surface area contributed by atoms with Gasteiger partial charge in [0.1, 0.15) is 11.8 Å². The molecule has 0 radical (unpaired) electrons. The molecule has 1 aromatic heterocycles. The molecule has 0 aliphatic heterocycles. The minimum Gasteiger partial charge on any atom is -0.495 e. The van der Waals surface area contributed by atoms with Crippen molar-refractivity contribution in [3.8, 4) is 17.2 Å². The van der Waals surface area contributed by atoms with Gasteiger partial charge in [0.15, 0.2) is 11.5 Å². The molecule has 10 heteroatoms. The molecule has 0 fully saturated rings. The fraction of sp³-hybridized carbons (Fsp3) is 0.345. The summed E-state index contributed by atoms with van der Waals surface area (Å²) in [6, 6.07) is 12.7. The SMILES string of the molecule is COc1ccc(C(C(=O)NC(C)(C)C)N(C(=O)CNC(=O)c2cccs2)c2cc(C)ccc2OC)cc1OC. The van der Waals surface area contributed by atoms with E-state index in [9.17, 15) is 14.4 Å². The average Bonchev–Trinajstić information content (AvgIpc) is 3.44. The zero-order valence-corrected chi connectivity index (χ0v) is 24.1. The molecular formula is C29H35N3O6S. The first-order valence-corrected chi connectivity index (χ1v) is 13.2. The first-order valence-electron chi connectivity index (χ1n) is 12.3. The summed E-state index contributed by atoms with van der Waals surface area (Å²) in [5, 5.41) is 7.46. The predicted octanol–water partition coefficient (Wildman–Crippen LogP) is 4.50. The number of methoxy groups -OCH3 is 3. The molecule has 1 heterocycles. The van der Waals surface area contributed by atoms with Gasteiger partial charge in [0.05, 0.1) is 38.4 Å². The molecule has 0 saturated heterocycles. The van der Waals surface area contributed by atoms with Crippen LogP contribution in [0.4, 0.5) is 5.69 Å². The summed E-state index contributed by atoms with van der Waals surface area (Å²) in [5.41, 5.74) is 1.13. The third-order valence-corrected chi connectivity index (χ3v) is 6.60. The second kappa shape index (κ2) is 12.7. The first-order chi connectivity index (χ1) is 18.5. The normalized spacial score (nSPS) is 11.8. The lowest BCUT2D eigenvalue weighted by atomic mass is 9.99. The third-order valence-electron chi connectivity index (χ3n) is 5.74. The van der Waals surface area contributed by atoms with Crippen LogP contribution in [-0.4, -0.2) is 51.1 Å². The van der Waals surface area contributed by atoms with Crippen LogP contribution < -0.4 is 29.7 Å². The molecule has 0 saturated carbocycles. The molecule has 0 bridgehead atoms. The van der Waals surface area contributed by atoms with E-state index in [4.69, 9.17) is 14.2 Å². The number of aryl methyl sites for hydroxylation is 1. The summed E-state index contributed by atoms with van der Waals surface area (Å²) in [6.07, 6.45) is 0. The number of carbonyl (C=O) groups is 3. The van der Waals surface area contributed by atoms with Crippen molar-refractivity contribution in [3.05, 3.63) is 69.9 Å². The summed E-state index contributed by atoms with van der Waals surface area (Å²) in [7, 11) is 4.51.